The Kier molecular flexibility index (Phi) is 6.17. The minimum absolute atomic E-state index is 0.270. The topological polar surface area (TPSA) is 67.5 Å². The third-order valence-corrected chi connectivity index (χ3v) is 6.12. The summed E-state index contributed by atoms with van der Waals surface area (Å²) in [5.74, 6) is -0.958. The molecule has 1 N–H and O–H groups in total. The molecule has 0 spiro atoms. The van der Waals surface area contributed by atoms with E-state index in [0.717, 1.165) is 17.7 Å². The van der Waals surface area contributed by atoms with Crippen LogP contribution >= 0.6 is 0 Å². The number of hydrogen-bond donors (Lipinski definition) is 1. The second-order valence-corrected chi connectivity index (χ2v) is 8.46. The molecule has 0 aliphatic heterocycles. The Bertz CT molecular complexity index is 1320. The van der Waals surface area contributed by atoms with Gasteiger partial charge >= 0.3 is 12.1 Å². The average Bonchev–Trinajstić information content (AvgIpc) is 3.22. The van der Waals surface area contributed by atoms with Crippen LogP contribution in [0.25, 0.3) is 16.8 Å². The zero-order chi connectivity index (χ0) is 24.5. The van der Waals surface area contributed by atoms with Crippen molar-refractivity contribution in [3.05, 3.63) is 89.4 Å². The number of rotatable bonds is 7. The second-order valence-electron chi connectivity index (χ2n) is 8.46. The number of benzene rings is 2. The summed E-state index contributed by atoms with van der Waals surface area (Å²) in [7, 11) is 0. The fourth-order valence-corrected chi connectivity index (χ4v) is 4.58. The van der Waals surface area contributed by atoms with Crippen molar-refractivity contribution in [2.45, 2.75) is 44.7 Å². The molecule has 0 bridgehead atoms. The third-order valence-electron chi connectivity index (χ3n) is 6.12. The lowest BCUT2D eigenvalue weighted by molar-refractivity contribution is -0.144. The van der Waals surface area contributed by atoms with E-state index in [2.05, 4.69) is 10.1 Å². The van der Waals surface area contributed by atoms with Crippen molar-refractivity contribution >= 4 is 11.6 Å². The average molecular weight is 467 g/mol. The Morgan fingerprint density at radius 3 is 2.29 bits per heavy atom. The number of aromatic nitrogens is 3. The van der Waals surface area contributed by atoms with Crippen LogP contribution in [0.15, 0.2) is 67.0 Å². The number of aliphatic carboxylic acids is 1. The van der Waals surface area contributed by atoms with Crippen molar-refractivity contribution in [2.75, 3.05) is 0 Å². The van der Waals surface area contributed by atoms with Crippen LogP contribution in [0.4, 0.5) is 13.2 Å². The Morgan fingerprint density at radius 1 is 1.03 bits per heavy atom. The molecule has 5 nitrogen and oxygen atoms in total. The van der Waals surface area contributed by atoms with Crippen LogP contribution in [0.5, 0.6) is 0 Å². The summed E-state index contributed by atoms with van der Waals surface area (Å²) in [6.07, 6.45) is -0.0113. The van der Waals surface area contributed by atoms with Gasteiger partial charge in [0.1, 0.15) is 5.41 Å². The number of fused-ring (bicyclic) bond motifs is 1. The van der Waals surface area contributed by atoms with Gasteiger partial charge in [0.25, 0.3) is 0 Å². The number of aryl methyl sites for hydroxylation is 1. The predicted molar refractivity (Wildman–Crippen MR) is 123 cm³/mol. The summed E-state index contributed by atoms with van der Waals surface area (Å²) < 4.78 is 40.5. The quantitative estimate of drug-likeness (QED) is 0.357. The molecule has 0 saturated heterocycles. The Morgan fingerprint density at radius 2 is 1.71 bits per heavy atom. The van der Waals surface area contributed by atoms with E-state index in [9.17, 15) is 23.1 Å². The van der Waals surface area contributed by atoms with Gasteiger partial charge < -0.3 is 5.11 Å². The largest absolute Gasteiger partial charge is 0.481 e. The molecule has 0 amide bonds. The van der Waals surface area contributed by atoms with Crippen molar-refractivity contribution < 1.29 is 23.1 Å². The van der Waals surface area contributed by atoms with Crippen LogP contribution in [0.3, 0.4) is 0 Å². The summed E-state index contributed by atoms with van der Waals surface area (Å²) in [5, 5.41) is 15.0. The maximum absolute atomic E-state index is 13.0. The zero-order valence-corrected chi connectivity index (χ0v) is 18.8. The highest BCUT2D eigenvalue weighted by Crippen LogP contribution is 2.38. The van der Waals surface area contributed by atoms with Gasteiger partial charge in [-0.2, -0.15) is 18.3 Å². The highest BCUT2D eigenvalue weighted by atomic mass is 19.4. The highest BCUT2D eigenvalue weighted by molar-refractivity contribution is 5.83. The molecule has 0 fully saturated rings. The first-order valence-electron chi connectivity index (χ1n) is 11.0. The lowest BCUT2D eigenvalue weighted by Crippen LogP contribution is -2.41. The smallest absolute Gasteiger partial charge is 0.416 e. The normalized spacial score (nSPS) is 13.7. The van der Waals surface area contributed by atoms with Crippen molar-refractivity contribution in [2.24, 2.45) is 0 Å². The molecule has 0 radical (unpaired) electrons. The molecule has 2 aromatic heterocycles. The van der Waals surface area contributed by atoms with Crippen molar-refractivity contribution in [3.8, 4) is 11.1 Å². The van der Waals surface area contributed by atoms with Gasteiger partial charge in [-0.3, -0.25) is 4.79 Å². The van der Waals surface area contributed by atoms with Crippen LogP contribution in [0.1, 0.15) is 42.1 Å². The van der Waals surface area contributed by atoms with Gasteiger partial charge in [-0.15, -0.1) is 0 Å². The standard InChI is InChI=1S/C26H24F3N3O2/c1-3-13-25(24(33)34,14-18-7-5-4-6-8-18)22-17(2)15-30-23-21(16-31-32(22)23)19-9-11-20(12-10-19)26(27,28)29/h4-12,15-16H,3,13-14H2,1-2H3,(H,33,34)/t25-/m1/s1. The van der Waals surface area contributed by atoms with Gasteiger partial charge in [0, 0.05) is 11.8 Å². The molecular formula is C26H24F3N3O2. The summed E-state index contributed by atoms with van der Waals surface area (Å²) >= 11 is 0. The summed E-state index contributed by atoms with van der Waals surface area (Å²) in [6, 6.07) is 14.2. The molecule has 8 heteroatoms. The minimum Gasteiger partial charge on any atom is -0.481 e. The number of hydrogen-bond acceptors (Lipinski definition) is 3. The van der Waals surface area contributed by atoms with Crippen LogP contribution in [-0.4, -0.2) is 25.7 Å². The minimum atomic E-state index is -4.43. The maximum Gasteiger partial charge on any atom is 0.416 e. The van der Waals surface area contributed by atoms with Gasteiger partial charge in [0.2, 0.25) is 0 Å². The molecule has 34 heavy (non-hydrogen) atoms. The number of nitrogens with zero attached hydrogens (tertiary/aromatic N) is 3. The van der Waals surface area contributed by atoms with E-state index in [-0.39, 0.29) is 6.42 Å². The molecule has 1 atom stereocenters. The third kappa shape index (κ3) is 4.16. The second kappa shape index (κ2) is 8.93. The van der Waals surface area contributed by atoms with Gasteiger partial charge in [-0.1, -0.05) is 55.8 Å². The van der Waals surface area contributed by atoms with E-state index in [4.69, 9.17) is 0 Å². The van der Waals surface area contributed by atoms with E-state index < -0.39 is 23.1 Å². The maximum atomic E-state index is 13.0. The van der Waals surface area contributed by atoms with Crippen LogP contribution < -0.4 is 0 Å². The molecular weight excluding hydrogens is 443 g/mol. The Labute approximate surface area is 194 Å². The van der Waals surface area contributed by atoms with Crippen LogP contribution in [-0.2, 0) is 22.8 Å². The molecule has 0 saturated carbocycles. The van der Waals surface area contributed by atoms with Gasteiger partial charge in [0.15, 0.2) is 5.65 Å². The molecule has 176 valence electrons. The number of alkyl halides is 3. The van der Waals surface area contributed by atoms with E-state index >= 15 is 0 Å². The summed E-state index contributed by atoms with van der Waals surface area (Å²) in [6.45, 7) is 3.74. The van der Waals surface area contributed by atoms with E-state index in [1.165, 1.54) is 22.8 Å². The first kappa shape index (κ1) is 23.5. The molecule has 4 rings (SSSR count). The lowest BCUT2D eigenvalue weighted by Gasteiger charge is -2.31. The van der Waals surface area contributed by atoms with E-state index in [1.807, 2.05) is 37.3 Å². The molecule has 2 aromatic carbocycles. The van der Waals surface area contributed by atoms with Crippen molar-refractivity contribution in [1.82, 2.24) is 14.6 Å². The van der Waals surface area contributed by atoms with Gasteiger partial charge in [0.05, 0.1) is 17.5 Å². The molecule has 2 heterocycles. The zero-order valence-electron chi connectivity index (χ0n) is 18.8. The fourth-order valence-electron chi connectivity index (χ4n) is 4.58. The number of carboxylic acid groups (broad SMARTS) is 1. The van der Waals surface area contributed by atoms with Gasteiger partial charge in [-0.05, 0) is 48.6 Å². The van der Waals surface area contributed by atoms with E-state index in [1.54, 1.807) is 13.1 Å². The molecule has 0 aliphatic carbocycles. The fraction of sp³-hybridized carbons (Fsp3) is 0.269. The van der Waals surface area contributed by atoms with Crippen molar-refractivity contribution in [3.63, 3.8) is 0 Å². The number of carbonyl (C=O) groups is 1. The predicted octanol–water partition coefficient (Wildman–Crippen LogP) is 6.09. The Balaban J connectivity index is 1.90. The van der Waals surface area contributed by atoms with Crippen LogP contribution in [0, 0.1) is 6.92 Å². The van der Waals surface area contributed by atoms with Crippen molar-refractivity contribution in [1.29, 1.82) is 0 Å². The monoisotopic (exact) mass is 467 g/mol. The number of halogens is 3. The first-order chi connectivity index (χ1) is 16.2. The Hall–Kier alpha value is -3.68. The molecule has 0 aliphatic rings. The molecule has 0 unspecified atom stereocenters. The summed E-state index contributed by atoms with van der Waals surface area (Å²) in [4.78, 5) is 17.3. The SMILES string of the molecule is CCC[C@](Cc1ccccc1)(C(=O)O)c1c(C)cnc2c(-c3ccc(C(F)(F)F)cc3)cnn12. The number of carboxylic acids is 1. The summed E-state index contributed by atoms with van der Waals surface area (Å²) in [5.41, 5.74) is 1.54. The lowest BCUT2D eigenvalue weighted by atomic mass is 9.73. The first-order valence-corrected chi connectivity index (χ1v) is 11.0. The van der Waals surface area contributed by atoms with E-state index in [0.29, 0.717) is 40.9 Å². The molecule has 4 aromatic rings. The highest BCUT2D eigenvalue weighted by Gasteiger charge is 2.43. The van der Waals surface area contributed by atoms with Gasteiger partial charge in [-0.25, -0.2) is 9.50 Å². The van der Waals surface area contributed by atoms with Crippen LogP contribution in [0.2, 0.25) is 0 Å².